The molecule has 1 N–H and O–H groups in total. The largest absolute Gasteiger partial charge is 0.481 e. The van der Waals surface area contributed by atoms with Gasteiger partial charge in [0.05, 0.1) is 12.0 Å². The van der Waals surface area contributed by atoms with Crippen LogP contribution >= 0.6 is 11.6 Å². The summed E-state index contributed by atoms with van der Waals surface area (Å²) in [5.41, 5.74) is 1.01. The molecule has 104 valence electrons. The summed E-state index contributed by atoms with van der Waals surface area (Å²) < 4.78 is 5.63. The van der Waals surface area contributed by atoms with Crippen LogP contribution in [0.1, 0.15) is 31.2 Å². The lowest BCUT2D eigenvalue weighted by Gasteiger charge is -2.25. The molecule has 0 aliphatic carbocycles. The Morgan fingerprint density at radius 1 is 1.37 bits per heavy atom. The van der Waals surface area contributed by atoms with Gasteiger partial charge in [0, 0.05) is 11.6 Å². The highest BCUT2D eigenvalue weighted by atomic mass is 35.5. The average molecular weight is 283 g/mol. The van der Waals surface area contributed by atoms with Crippen molar-refractivity contribution in [2.45, 2.75) is 38.2 Å². The molecule has 2 rings (SSSR count). The molecule has 0 saturated carbocycles. The molecule has 1 aromatic rings. The molecule has 3 nitrogen and oxygen atoms in total. The molecule has 1 aromatic carbocycles. The van der Waals surface area contributed by atoms with Gasteiger partial charge in [-0.25, -0.2) is 0 Å². The number of carboxylic acids is 1. The van der Waals surface area contributed by atoms with Crippen molar-refractivity contribution in [1.82, 2.24) is 0 Å². The zero-order chi connectivity index (χ0) is 13.7. The maximum absolute atomic E-state index is 11.4. The van der Waals surface area contributed by atoms with Crippen molar-refractivity contribution >= 4 is 17.6 Å². The monoisotopic (exact) mass is 282 g/mol. The zero-order valence-electron chi connectivity index (χ0n) is 10.8. The minimum atomic E-state index is -0.746. The predicted molar refractivity (Wildman–Crippen MR) is 74.5 cm³/mol. The van der Waals surface area contributed by atoms with Crippen LogP contribution in [0.3, 0.4) is 0 Å². The highest BCUT2D eigenvalue weighted by molar-refractivity contribution is 6.30. The topological polar surface area (TPSA) is 46.5 Å². The van der Waals surface area contributed by atoms with Crippen molar-refractivity contribution in [2.75, 3.05) is 6.61 Å². The fourth-order valence-electron chi connectivity index (χ4n) is 2.49. The molecule has 4 heteroatoms. The summed E-state index contributed by atoms with van der Waals surface area (Å²) in [5.74, 6) is -1.13. The van der Waals surface area contributed by atoms with Gasteiger partial charge >= 0.3 is 5.97 Å². The summed E-state index contributed by atoms with van der Waals surface area (Å²) >= 11 is 5.83. The first kappa shape index (κ1) is 14.4. The summed E-state index contributed by atoms with van der Waals surface area (Å²) in [6.45, 7) is 0.762. The molecule has 0 spiro atoms. The maximum atomic E-state index is 11.4. The maximum Gasteiger partial charge on any atom is 0.306 e. The Morgan fingerprint density at radius 2 is 2.11 bits per heavy atom. The van der Waals surface area contributed by atoms with E-state index in [4.69, 9.17) is 16.3 Å². The molecular formula is C15H19ClO3. The summed E-state index contributed by atoms with van der Waals surface area (Å²) in [5, 5.41) is 10.0. The second-order valence-corrected chi connectivity index (χ2v) is 5.53. The molecule has 19 heavy (non-hydrogen) atoms. The van der Waals surface area contributed by atoms with Gasteiger partial charge < -0.3 is 9.84 Å². The van der Waals surface area contributed by atoms with Gasteiger partial charge in [-0.15, -0.1) is 0 Å². The summed E-state index contributed by atoms with van der Waals surface area (Å²) in [6, 6.07) is 7.37. The first-order valence-electron chi connectivity index (χ1n) is 6.74. The first-order valence-corrected chi connectivity index (χ1v) is 7.12. The van der Waals surface area contributed by atoms with Gasteiger partial charge in [0.1, 0.15) is 0 Å². The zero-order valence-corrected chi connectivity index (χ0v) is 11.6. The van der Waals surface area contributed by atoms with Crippen LogP contribution in [0.25, 0.3) is 0 Å². The lowest BCUT2D eigenvalue weighted by atomic mass is 9.91. The van der Waals surface area contributed by atoms with Crippen molar-refractivity contribution in [3.63, 3.8) is 0 Å². The molecule has 1 saturated heterocycles. The lowest BCUT2D eigenvalue weighted by Crippen LogP contribution is -2.27. The Hall–Kier alpha value is -1.06. The fraction of sp³-hybridized carbons (Fsp3) is 0.533. The van der Waals surface area contributed by atoms with Crippen LogP contribution in [-0.2, 0) is 16.0 Å². The van der Waals surface area contributed by atoms with Gasteiger partial charge in [-0.2, -0.15) is 0 Å². The number of rotatable bonds is 5. The van der Waals surface area contributed by atoms with Gasteiger partial charge in [-0.3, -0.25) is 4.79 Å². The average Bonchev–Trinajstić information content (AvgIpc) is 2.41. The highest BCUT2D eigenvalue weighted by Gasteiger charge is 2.24. The second-order valence-electron chi connectivity index (χ2n) is 5.09. The number of carboxylic acid groups (broad SMARTS) is 1. The number of hydrogen-bond donors (Lipinski definition) is 1. The predicted octanol–water partition coefficient (Wildman–Crippen LogP) is 3.54. The van der Waals surface area contributed by atoms with Crippen LogP contribution in [0, 0.1) is 5.92 Å². The summed E-state index contributed by atoms with van der Waals surface area (Å²) in [6.07, 6.45) is 4.43. The van der Waals surface area contributed by atoms with Crippen molar-refractivity contribution in [3.05, 3.63) is 34.9 Å². The van der Waals surface area contributed by atoms with Gasteiger partial charge in [0.15, 0.2) is 0 Å². The molecule has 0 radical (unpaired) electrons. The van der Waals surface area contributed by atoms with E-state index in [9.17, 15) is 9.90 Å². The lowest BCUT2D eigenvalue weighted by molar-refractivity contribution is -0.143. The molecule has 1 fully saturated rings. The third-order valence-electron chi connectivity index (χ3n) is 3.57. The molecule has 1 heterocycles. The Bertz CT molecular complexity index is 410. The molecule has 0 amide bonds. The molecule has 1 aliphatic heterocycles. The van der Waals surface area contributed by atoms with Gasteiger partial charge in [-0.1, -0.05) is 23.7 Å². The minimum Gasteiger partial charge on any atom is -0.481 e. The molecule has 0 aromatic heterocycles. The van der Waals surface area contributed by atoms with Gasteiger partial charge in [0.2, 0.25) is 0 Å². The van der Waals surface area contributed by atoms with Crippen LogP contribution in [-0.4, -0.2) is 23.8 Å². The van der Waals surface area contributed by atoms with Gasteiger partial charge in [0.25, 0.3) is 0 Å². The van der Waals surface area contributed by atoms with E-state index in [1.807, 2.05) is 12.1 Å². The molecular weight excluding hydrogens is 264 g/mol. The number of ether oxygens (including phenoxy) is 1. The van der Waals surface area contributed by atoms with Crippen molar-refractivity contribution in [3.8, 4) is 0 Å². The normalized spacial score (nSPS) is 21.0. The standard InChI is InChI=1S/C15H19ClO3/c16-13-6-4-11(5-7-13)9-12(15(17)18)10-14-3-1-2-8-19-14/h4-7,12,14H,1-3,8-10H2,(H,17,18). The van der Waals surface area contributed by atoms with Gasteiger partial charge in [-0.05, 0) is 49.8 Å². The van der Waals surface area contributed by atoms with E-state index in [1.165, 1.54) is 0 Å². The number of halogens is 1. The van der Waals surface area contributed by atoms with E-state index < -0.39 is 5.97 Å². The molecule has 0 bridgehead atoms. The van der Waals surface area contributed by atoms with E-state index in [1.54, 1.807) is 12.1 Å². The van der Waals surface area contributed by atoms with E-state index in [0.29, 0.717) is 17.9 Å². The first-order chi connectivity index (χ1) is 9.15. The molecule has 2 atom stereocenters. The van der Waals surface area contributed by atoms with Crippen LogP contribution in [0.4, 0.5) is 0 Å². The fourth-order valence-corrected chi connectivity index (χ4v) is 2.61. The smallest absolute Gasteiger partial charge is 0.306 e. The molecule has 2 unspecified atom stereocenters. The van der Waals surface area contributed by atoms with Crippen molar-refractivity contribution in [2.24, 2.45) is 5.92 Å². The van der Waals surface area contributed by atoms with Crippen LogP contribution < -0.4 is 0 Å². The number of benzene rings is 1. The van der Waals surface area contributed by atoms with E-state index in [-0.39, 0.29) is 12.0 Å². The Balaban J connectivity index is 1.95. The number of aliphatic carboxylic acids is 1. The van der Waals surface area contributed by atoms with E-state index in [0.717, 1.165) is 31.4 Å². The van der Waals surface area contributed by atoms with Crippen LogP contribution in [0.5, 0.6) is 0 Å². The van der Waals surface area contributed by atoms with Crippen LogP contribution in [0.15, 0.2) is 24.3 Å². The Morgan fingerprint density at radius 3 is 2.68 bits per heavy atom. The Kier molecular flexibility index (Phi) is 5.23. The number of carbonyl (C=O) groups is 1. The van der Waals surface area contributed by atoms with Crippen molar-refractivity contribution in [1.29, 1.82) is 0 Å². The highest BCUT2D eigenvalue weighted by Crippen LogP contribution is 2.23. The SMILES string of the molecule is O=C(O)C(Cc1ccc(Cl)cc1)CC1CCCCO1. The van der Waals surface area contributed by atoms with Crippen molar-refractivity contribution < 1.29 is 14.6 Å². The number of hydrogen-bond acceptors (Lipinski definition) is 2. The summed E-state index contributed by atoms with van der Waals surface area (Å²) in [7, 11) is 0. The minimum absolute atomic E-state index is 0.0992. The quantitative estimate of drug-likeness (QED) is 0.898. The third kappa shape index (κ3) is 4.51. The Labute approximate surface area is 118 Å². The molecule has 1 aliphatic rings. The van der Waals surface area contributed by atoms with E-state index in [2.05, 4.69) is 0 Å². The third-order valence-corrected chi connectivity index (χ3v) is 3.82. The van der Waals surface area contributed by atoms with E-state index >= 15 is 0 Å². The summed E-state index contributed by atoms with van der Waals surface area (Å²) in [4.78, 5) is 11.4. The second kappa shape index (κ2) is 6.92. The van der Waals surface area contributed by atoms with Crippen LogP contribution in [0.2, 0.25) is 5.02 Å².